The molecular formula is C21H26ClF3N4O2. The molecule has 2 aliphatic heterocycles. The number of fused-ring (bicyclic) bond motifs is 1. The van der Waals surface area contributed by atoms with Crippen LogP contribution >= 0.6 is 11.6 Å². The van der Waals surface area contributed by atoms with Gasteiger partial charge in [0.25, 0.3) is 0 Å². The van der Waals surface area contributed by atoms with Crippen molar-refractivity contribution in [1.29, 1.82) is 0 Å². The smallest absolute Gasteiger partial charge is 0.425 e. The van der Waals surface area contributed by atoms with Crippen LogP contribution in [0, 0.1) is 6.92 Å². The second-order valence-electron chi connectivity index (χ2n) is 8.63. The van der Waals surface area contributed by atoms with Crippen LogP contribution in [0.4, 0.5) is 18.0 Å². The number of aryl methyl sites for hydroxylation is 1. The van der Waals surface area contributed by atoms with Crippen LogP contribution < -0.4 is 0 Å². The highest BCUT2D eigenvalue weighted by Crippen LogP contribution is 2.39. The number of piperidine rings is 1. The molecule has 0 aliphatic carbocycles. The topological polar surface area (TPSA) is 50.1 Å². The van der Waals surface area contributed by atoms with Crippen molar-refractivity contribution >= 4 is 23.3 Å². The average molecular weight is 459 g/mol. The van der Waals surface area contributed by atoms with Gasteiger partial charge < -0.3 is 14.0 Å². The molecule has 1 spiro atoms. The Labute approximate surface area is 183 Å². The molecule has 10 heteroatoms. The fraction of sp³-hybridized carbons (Fsp3) is 0.619. The summed E-state index contributed by atoms with van der Waals surface area (Å²) in [5.41, 5.74) is 2.64. The van der Waals surface area contributed by atoms with Crippen molar-refractivity contribution in [1.82, 2.24) is 19.2 Å². The molecule has 4 heterocycles. The summed E-state index contributed by atoms with van der Waals surface area (Å²) in [6.45, 7) is 5.20. The predicted molar refractivity (Wildman–Crippen MR) is 110 cm³/mol. The molecule has 0 aromatic carbocycles. The predicted octanol–water partition coefficient (Wildman–Crippen LogP) is 4.81. The van der Waals surface area contributed by atoms with Gasteiger partial charge in [-0.2, -0.15) is 13.2 Å². The third-order valence-corrected chi connectivity index (χ3v) is 6.76. The Morgan fingerprint density at radius 3 is 2.65 bits per heavy atom. The average Bonchev–Trinajstić information content (AvgIpc) is 3.26. The number of ether oxygens (including phenoxy) is 1. The van der Waals surface area contributed by atoms with Gasteiger partial charge in [0.1, 0.15) is 0 Å². The van der Waals surface area contributed by atoms with Gasteiger partial charge in [-0.25, -0.2) is 9.78 Å². The van der Waals surface area contributed by atoms with Gasteiger partial charge in [0.2, 0.25) is 0 Å². The second kappa shape index (κ2) is 8.16. The molecule has 0 saturated carbocycles. The van der Waals surface area contributed by atoms with Crippen molar-refractivity contribution in [3.05, 3.63) is 34.7 Å². The first-order chi connectivity index (χ1) is 14.6. The van der Waals surface area contributed by atoms with E-state index in [0.29, 0.717) is 37.5 Å². The summed E-state index contributed by atoms with van der Waals surface area (Å²) in [7, 11) is 0. The van der Waals surface area contributed by atoms with E-state index in [4.69, 9.17) is 16.6 Å². The van der Waals surface area contributed by atoms with Gasteiger partial charge in [-0.05, 0) is 57.7 Å². The first-order valence-corrected chi connectivity index (χ1v) is 10.9. The van der Waals surface area contributed by atoms with E-state index in [9.17, 15) is 18.0 Å². The lowest BCUT2D eigenvalue weighted by atomic mass is 9.85. The van der Waals surface area contributed by atoms with E-state index < -0.39 is 18.4 Å². The molecule has 0 radical (unpaired) electrons. The number of aromatic nitrogens is 2. The van der Waals surface area contributed by atoms with Crippen LogP contribution in [0.5, 0.6) is 0 Å². The second-order valence-corrected chi connectivity index (χ2v) is 9.04. The Bertz CT molecular complexity index is 969. The monoisotopic (exact) mass is 458 g/mol. The largest absolute Gasteiger partial charge is 0.437 e. The minimum Gasteiger partial charge on any atom is -0.437 e. The molecule has 0 N–H and O–H groups in total. The van der Waals surface area contributed by atoms with E-state index in [2.05, 4.69) is 9.64 Å². The Morgan fingerprint density at radius 2 is 1.97 bits per heavy atom. The molecule has 6 nitrogen and oxygen atoms in total. The van der Waals surface area contributed by atoms with Crippen molar-refractivity contribution in [2.45, 2.75) is 63.9 Å². The van der Waals surface area contributed by atoms with Crippen molar-refractivity contribution in [3.63, 3.8) is 0 Å². The first kappa shape index (κ1) is 22.2. The number of carbonyl (C=O) groups is 1. The van der Waals surface area contributed by atoms with Gasteiger partial charge in [0, 0.05) is 37.6 Å². The van der Waals surface area contributed by atoms with E-state index in [-0.39, 0.29) is 5.54 Å². The van der Waals surface area contributed by atoms with Gasteiger partial charge in [0.05, 0.1) is 10.7 Å². The van der Waals surface area contributed by atoms with E-state index in [0.717, 1.165) is 43.2 Å². The Kier molecular flexibility index (Phi) is 5.85. The third kappa shape index (κ3) is 4.48. The number of likely N-dealkylation sites (tertiary alicyclic amines) is 2. The van der Waals surface area contributed by atoms with Crippen molar-refractivity contribution in [2.75, 3.05) is 19.6 Å². The maximum Gasteiger partial charge on any atom is 0.425 e. The van der Waals surface area contributed by atoms with Gasteiger partial charge in [0.15, 0.2) is 11.8 Å². The Hall–Kier alpha value is -2.00. The molecule has 2 aromatic rings. The summed E-state index contributed by atoms with van der Waals surface area (Å²) in [6, 6.07) is 1.89. The molecule has 4 rings (SSSR count). The maximum absolute atomic E-state index is 12.7. The number of imidazole rings is 1. The van der Waals surface area contributed by atoms with E-state index in [1.807, 2.05) is 29.8 Å². The molecule has 2 aromatic heterocycles. The molecule has 1 amide bonds. The molecule has 170 valence electrons. The molecule has 1 atom stereocenters. The molecule has 2 saturated heterocycles. The van der Waals surface area contributed by atoms with Crippen LogP contribution in [0.15, 0.2) is 18.5 Å². The Balaban J connectivity index is 1.41. The van der Waals surface area contributed by atoms with Gasteiger partial charge >= 0.3 is 12.3 Å². The summed E-state index contributed by atoms with van der Waals surface area (Å²) in [5, 5.41) is 0.613. The zero-order valence-electron chi connectivity index (χ0n) is 17.6. The summed E-state index contributed by atoms with van der Waals surface area (Å²) < 4.78 is 44.6. The highest BCUT2D eigenvalue weighted by atomic mass is 35.5. The van der Waals surface area contributed by atoms with Crippen LogP contribution in [-0.2, 0) is 11.3 Å². The zero-order valence-corrected chi connectivity index (χ0v) is 18.3. The van der Waals surface area contributed by atoms with Crippen molar-refractivity contribution in [3.8, 4) is 0 Å². The zero-order chi connectivity index (χ0) is 22.4. The number of pyridine rings is 1. The molecule has 0 bridgehead atoms. The number of halogens is 4. The summed E-state index contributed by atoms with van der Waals surface area (Å²) >= 11 is 6.33. The van der Waals surface area contributed by atoms with Crippen LogP contribution in [0.1, 0.15) is 43.9 Å². The van der Waals surface area contributed by atoms with Crippen LogP contribution in [0.2, 0.25) is 5.02 Å². The van der Waals surface area contributed by atoms with Crippen LogP contribution in [-0.4, -0.2) is 62.7 Å². The molecular weight excluding hydrogens is 433 g/mol. The molecule has 1 unspecified atom stereocenters. The normalized spacial score (nSPS) is 20.5. The minimum atomic E-state index is -4.55. The van der Waals surface area contributed by atoms with E-state index in [1.165, 1.54) is 4.90 Å². The van der Waals surface area contributed by atoms with Crippen LogP contribution in [0.3, 0.4) is 0 Å². The highest BCUT2D eigenvalue weighted by molar-refractivity contribution is 6.33. The molecule has 2 aliphatic rings. The minimum absolute atomic E-state index is 0.0675. The number of alkyl halides is 3. The lowest BCUT2D eigenvalue weighted by molar-refractivity contribution is -0.200. The number of amides is 1. The number of hydrogen-bond acceptors (Lipinski definition) is 4. The number of carbonyl (C=O) groups excluding carboxylic acids is 1. The van der Waals surface area contributed by atoms with E-state index >= 15 is 0 Å². The van der Waals surface area contributed by atoms with E-state index in [1.54, 1.807) is 0 Å². The molecule has 31 heavy (non-hydrogen) atoms. The van der Waals surface area contributed by atoms with Crippen molar-refractivity contribution in [2.24, 2.45) is 0 Å². The fourth-order valence-electron chi connectivity index (χ4n) is 4.72. The first-order valence-electron chi connectivity index (χ1n) is 10.5. The van der Waals surface area contributed by atoms with Gasteiger partial charge in [-0.1, -0.05) is 11.6 Å². The number of nitrogens with zero attached hydrogens (tertiary/aromatic N) is 4. The summed E-state index contributed by atoms with van der Waals surface area (Å²) in [4.78, 5) is 20.6. The summed E-state index contributed by atoms with van der Waals surface area (Å²) in [5.74, 6) is 0. The number of hydrogen-bond donors (Lipinski definition) is 0. The fourth-order valence-corrected chi connectivity index (χ4v) is 5.03. The standard InChI is InChI=1S/C21H26ClF3N4O2/c1-14-10-17(22)18-26-16(12-28(18)11-14)13-29-7-3-4-20(29)5-8-27(9-6-20)19(30)31-15(2)21(23,24)25/h10-12,15H,3-9,13H2,1-2H3. The van der Waals surface area contributed by atoms with Crippen molar-refractivity contribution < 1.29 is 22.7 Å². The lowest BCUT2D eigenvalue weighted by Crippen LogP contribution is -2.53. The SMILES string of the molecule is Cc1cc(Cl)c2nc(CN3CCCC34CCN(C(=O)OC(C)C(F)(F)F)CC4)cn2c1. The van der Waals surface area contributed by atoms with Crippen LogP contribution in [0.25, 0.3) is 5.65 Å². The molecule has 2 fully saturated rings. The summed E-state index contributed by atoms with van der Waals surface area (Å²) in [6.07, 6.45) is -0.116. The Morgan fingerprint density at radius 1 is 1.26 bits per heavy atom. The number of rotatable bonds is 3. The third-order valence-electron chi connectivity index (χ3n) is 6.48. The highest BCUT2D eigenvalue weighted by Gasteiger charge is 2.45. The maximum atomic E-state index is 12.7. The quantitative estimate of drug-likeness (QED) is 0.662. The van der Waals surface area contributed by atoms with Gasteiger partial charge in [-0.3, -0.25) is 4.90 Å². The van der Waals surface area contributed by atoms with Gasteiger partial charge in [-0.15, -0.1) is 0 Å². The lowest BCUT2D eigenvalue weighted by Gasteiger charge is -2.44.